The summed E-state index contributed by atoms with van der Waals surface area (Å²) in [6.07, 6.45) is 5.89. The van der Waals surface area contributed by atoms with Crippen LogP contribution in [0.4, 0.5) is 0 Å². The van der Waals surface area contributed by atoms with Gasteiger partial charge in [0.2, 0.25) is 5.91 Å². The van der Waals surface area contributed by atoms with Gasteiger partial charge in [-0.2, -0.15) is 0 Å². The second-order valence-electron chi connectivity index (χ2n) is 8.01. The third kappa shape index (κ3) is 5.52. The van der Waals surface area contributed by atoms with Crippen LogP contribution in [0.5, 0.6) is 0 Å². The zero-order valence-corrected chi connectivity index (χ0v) is 14.2. The number of hydrogen-bond donors (Lipinski definition) is 3. The van der Waals surface area contributed by atoms with Crippen LogP contribution in [0.15, 0.2) is 0 Å². The molecule has 5 heteroatoms. The maximum atomic E-state index is 11.9. The summed E-state index contributed by atoms with van der Waals surface area (Å²) in [5.41, 5.74) is -0.0235. The zero-order chi connectivity index (χ0) is 16.2. The normalized spacial score (nSPS) is 30.5. The monoisotopic (exact) mass is 312 g/mol. The maximum Gasteiger partial charge on any atom is 0.220 e. The fourth-order valence-corrected chi connectivity index (χ4v) is 3.34. The minimum atomic E-state index is -0.545. The number of aliphatic hydroxyl groups excluding tert-OH is 1. The third-order valence-electron chi connectivity index (χ3n) is 4.53. The molecule has 0 radical (unpaired) electrons. The predicted octanol–water partition coefficient (Wildman–Crippen LogP) is 1.59. The average molecular weight is 312 g/mol. The molecular formula is C17H32N2O3. The van der Waals surface area contributed by atoms with Crippen LogP contribution in [0.25, 0.3) is 0 Å². The van der Waals surface area contributed by atoms with Crippen molar-refractivity contribution in [2.75, 3.05) is 13.2 Å². The van der Waals surface area contributed by atoms with Crippen LogP contribution in [-0.2, 0) is 9.53 Å². The lowest BCUT2D eigenvalue weighted by Gasteiger charge is -2.27. The van der Waals surface area contributed by atoms with Gasteiger partial charge in [0.05, 0.1) is 18.8 Å². The van der Waals surface area contributed by atoms with Gasteiger partial charge in [0.15, 0.2) is 0 Å². The fraction of sp³-hybridized carbons (Fsp3) is 0.941. The molecule has 3 unspecified atom stereocenters. The number of aliphatic hydroxyl groups is 1. The molecule has 22 heavy (non-hydrogen) atoms. The Kier molecular flexibility index (Phi) is 6.24. The number of carbonyl (C=O) groups excluding carboxylic acids is 1. The highest BCUT2D eigenvalue weighted by molar-refractivity contribution is 5.76. The molecule has 2 aliphatic rings. The molecule has 3 N–H and O–H groups in total. The summed E-state index contributed by atoms with van der Waals surface area (Å²) in [4.78, 5) is 11.9. The van der Waals surface area contributed by atoms with E-state index in [0.717, 1.165) is 0 Å². The molecule has 128 valence electrons. The van der Waals surface area contributed by atoms with E-state index in [1.165, 1.54) is 32.1 Å². The van der Waals surface area contributed by atoms with Crippen LogP contribution >= 0.6 is 0 Å². The Balaban J connectivity index is 1.71. The van der Waals surface area contributed by atoms with Gasteiger partial charge in [-0.15, -0.1) is 0 Å². The van der Waals surface area contributed by atoms with Gasteiger partial charge in [-0.25, -0.2) is 0 Å². The first kappa shape index (κ1) is 17.7. The van der Waals surface area contributed by atoms with Crippen molar-refractivity contribution in [3.8, 4) is 0 Å². The van der Waals surface area contributed by atoms with Crippen LogP contribution in [0.3, 0.4) is 0 Å². The predicted molar refractivity (Wildman–Crippen MR) is 86.6 cm³/mol. The highest BCUT2D eigenvalue weighted by Gasteiger charge is 2.37. The van der Waals surface area contributed by atoms with Crippen LogP contribution in [0, 0.1) is 5.41 Å². The van der Waals surface area contributed by atoms with Crippen molar-refractivity contribution in [2.45, 2.75) is 83.6 Å². The summed E-state index contributed by atoms with van der Waals surface area (Å²) in [7, 11) is 0. The lowest BCUT2D eigenvalue weighted by Crippen LogP contribution is -2.48. The Morgan fingerprint density at radius 2 is 1.91 bits per heavy atom. The number of nitrogens with one attached hydrogen (secondary N) is 2. The van der Waals surface area contributed by atoms with E-state index in [0.29, 0.717) is 25.6 Å². The van der Waals surface area contributed by atoms with E-state index in [9.17, 15) is 9.90 Å². The van der Waals surface area contributed by atoms with E-state index in [1.807, 2.05) is 20.8 Å². The molecule has 1 saturated carbocycles. The van der Waals surface area contributed by atoms with Gasteiger partial charge in [0.25, 0.3) is 0 Å². The van der Waals surface area contributed by atoms with Gasteiger partial charge in [-0.1, -0.05) is 40.0 Å². The lowest BCUT2D eigenvalue weighted by atomic mass is 9.92. The molecule has 5 nitrogen and oxygen atoms in total. The van der Waals surface area contributed by atoms with Crippen molar-refractivity contribution in [3.05, 3.63) is 0 Å². The van der Waals surface area contributed by atoms with Gasteiger partial charge in [-0.05, 0) is 18.3 Å². The SMILES string of the molecule is CC(C)(C)CC(=O)NCC1OCC(NC2CCCCC2)C1O. The summed E-state index contributed by atoms with van der Waals surface area (Å²) in [5, 5.41) is 16.8. The summed E-state index contributed by atoms with van der Waals surface area (Å²) in [6, 6.07) is 0.499. The number of carbonyl (C=O) groups is 1. The molecule has 1 aliphatic carbocycles. The number of amides is 1. The molecule has 1 amide bonds. The van der Waals surface area contributed by atoms with E-state index in [2.05, 4.69) is 10.6 Å². The second-order valence-corrected chi connectivity index (χ2v) is 8.01. The zero-order valence-electron chi connectivity index (χ0n) is 14.2. The van der Waals surface area contributed by atoms with Crippen LogP contribution in [-0.4, -0.2) is 48.5 Å². The Bertz CT molecular complexity index is 361. The molecule has 0 aromatic carbocycles. The maximum absolute atomic E-state index is 11.9. The lowest BCUT2D eigenvalue weighted by molar-refractivity contribution is -0.123. The minimum Gasteiger partial charge on any atom is -0.389 e. The molecule has 1 aliphatic heterocycles. The molecule has 0 aromatic heterocycles. The van der Waals surface area contributed by atoms with E-state index in [-0.39, 0.29) is 23.5 Å². The van der Waals surface area contributed by atoms with Crippen molar-refractivity contribution < 1.29 is 14.6 Å². The Labute approximate surface area is 134 Å². The highest BCUT2D eigenvalue weighted by Crippen LogP contribution is 2.21. The fourth-order valence-electron chi connectivity index (χ4n) is 3.34. The topological polar surface area (TPSA) is 70.6 Å². The number of ether oxygens (including phenoxy) is 1. The molecule has 0 bridgehead atoms. The first-order valence-electron chi connectivity index (χ1n) is 8.67. The van der Waals surface area contributed by atoms with Crippen LogP contribution < -0.4 is 10.6 Å². The van der Waals surface area contributed by atoms with Gasteiger partial charge in [0.1, 0.15) is 6.10 Å². The first-order valence-corrected chi connectivity index (χ1v) is 8.67. The van der Waals surface area contributed by atoms with Crippen LogP contribution in [0.1, 0.15) is 59.3 Å². The minimum absolute atomic E-state index is 0.00684. The van der Waals surface area contributed by atoms with E-state index in [1.54, 1.807) is 0 Å². The molecule has 1 saturated heterocycles. The second kappa shape index (κ2) is 7.75. The molecule has 2 fully saturated rings. The van der Waals surface area contributed by atoms with Gasteiger partial charge >= 0.3 is 0 Å². The summed E-state index contributed by atoms with van der Waals surface area (Å²) < 4.78 is 5.67. The Morgan fingerprint density at radius 3 is 2.55 bits per heavy atom. The van der Waals surface area contributed by atoms with Gasteiger partial charge < -0.3 is 20.5 Å². The molecule has 3 atom stereocenters. The molecule has 0 aromatic rings. The number of rotatable bonds is 5. The summed E-state index contributed by atoms with van der Waals surface area (Å²) in [6.45, 7) is 7.03. The van der Waals surface area contributed by atoms with E-state index in [4.69, 9.17) is 4.74 Å². The van der Waals surface area contributed by atoms with E-state index >= 15 is 0 Å². The standard InChI is InChI=1S/C17H32N2O3/c1-17(2,3)9-15(20)18-10-14-16(21)13(11-22-14)19-12-7-5-4-6-8-12/h12-14,16,19,21H,4-11H2,1-3H3,(H,18,20). The molecule has 0 spiro atoms. The molecular weight excluding hydrogens is 280 g/mol. The summed E-state index contributed by atoms with van der Waals surface area (Å²) >= 11 is 0. The Hall–Kier alpha value is -0.650. The van der Waals surface area contributed by atoms with Crippen molar-refractivity contribution >= 4 is 5.91 Å². The smallest absolute Gasteiger partial charge is 0.220 e. The third-order valence-corrected chi connectivity index (χ3v) is 4.53. The van der Waals surface area contributed by atoms with Crippen molar-refractivity contribution in [1.82, 2.24) is 10.6 Å². The average Bonchev–Trinajstić information content (AvgIpc) is 2.77. The van der Waals surface area contributed by atoms with Crippen molar-refractivity contribution in [3.63, 3.8) is 0 Å². The summed E-state index contributed by atoms with van der Waals surface area (Å²) in [5.74, 6) is 0.0204. The molecule has 1 heterocycles. The van der Waals surface area contributed by atoms with Crippen molar-refractivity contribution in [2.24, 2.45) is 5.41 Å². The van der Waals surface area contributed by atoms with Gasteiger partial charge in [-0.3, -0.25) is 4.79 Å². The van der Waals surface area contributed by atoms with Crippen molar-refractivity contribution in [1.29, 1.82) is 0 Å². The molecule has 2 rings (SSSR count). The van der Waals surface area contributed by atoms with Gasteiger partial charge in [0, 0.05) is 19.0 Å². The first-order chi connectivity index (χ1) is 10.3. The highest BCUT2D eigenvalue weighted by atomic mass is 16.5. The number of hydrogen-bond acceptors (Lipinski definition) is 4. The largest absolute Gasteiger partial charge is 0.389 e. The van der Waals surface area contributed by atoms with E-state index < -0.39 is 6.10 Å². The quantitative estimate of drug-likeness (QED) is 0.721. The Morgan fingerprint density at radius 1 is 1.23 bits per heavy atom. The van der Waals surface area contributed by atoms with Crippen LogP contribution in [0.2, 0.25) is 0 Å².